The Balaban J connectivity index is 1.40. The molecule has 4 aromatic heterocycles. The number of aromatic nitrogens is 4. The Morgan fingerprint density at radius 3 is 2.93 bits per heavy atom. The van der Waals surface area contributed by atoms with Gasteiger partial charge >= 0.3 is 0 Å². The molecular weight excluding hydrogens is 398 g/mol. The molecule has 8 heteroatoms. The van der Waals surface area contributed by atoms with Crippen molar-refractivity contribution < 1.29 is 9.21 Å². The predicted octanol–water partition coefficient (Wildman–Crippen LogP) is 4.57. The van der Waals surface area contributed by atoms with Crippen LogP contribution in [0.3, 0.4) is 0 Å². The summed E-state index contributed by atoms with van der Waals surface area (Å²) in [5, 5.41) is 11.2. The number of fused-ring (bicyclic) bond motifs is 1. The zero-order chi connectivity index (χ0) is 20.7. The van der Waals surface area contributed by atoms with Gasteiger partial charge in [0.05, 0.1) is 18.4 Å². The van der Waals surface area contributed by atoms with Gasteiger partial charge in [-0.2, -0.15) is 9.78 Å². The smallest absolute Gasteiger partial charge is 0.230 e. The molecule has 0 atom stereocenters. The third-order valence-corrected chi connectivity index (χ3v) is 5.69. The summed E-state index contributed by atoms with van der Waals surface area (Å²) in [6.45, 7) is 1.89. The van der Waals surface area contributed by atoms with Crippen molar-refractivity contribution in [1.82, 2.24) is 19.3 Å². The zero-order valence-electron chi connectivity index (χ0n) is 16.5. The quantitative estimate of drug-likeness (QED) is 0.454. The average Bonchev–Trinajstić information content (AvgIpc) is 3.50. The van der Waals surface area contributed by atoms with Crippen LogP contribution in [0.15, 0.2) is 64.7 Å². The number of hydrogen-bond acceptors (Lipinski definition) is 5. The van der Waals surface area contributed by atoms with Crippen LogP contribution in [-0.2, 0) is 18.3 Å². The van der Waals surface area contributed by atoms with Crippen molar-refractivity contribution in [2.75, 3.05) is 5.32 Å². The highest BCUT2D eigenvalue weighted by Gasteiger charge is 2.16. The molecule has 0 radical (unpaired) electrons. The largest absolute Gasteiger partial charge is 0.463 e. The molecule has 0 saturated heterocycles. The van der Waals surface area contributed by atoms with E-state index in [4.69, 9.17) is 4.42 Å². The first-order valence-electron chi connectivity index (χ1n) is 9.48. The SMILES string of the molecule is Cc1cc(NC(=O)Cc2cn(C)c3ccccc23)n(-c2nc(-c3ccco3)cs2)n1. The Bertz CT molecular complexity index is 1340. The van der Waals surface area contributed by atoms with Crippen LogP contribution < -0.4 is 5.32 Å². The van der Waals surface area contributed by atoms with Crippen molar-refractivity contribution in [2.24, 2.45) is 7.05 Å². The number of amides is 1. The van der Waals surface area contributed by atoms with Crippen molar-refractivity contribution in [2.45, 2.75) is 13.3 Å². The normalized spacial score (nSPS) is 11.3. The van der Waals surface area contributed by atoms with Crippen LogP contribution in [0.5, 0.6) is 0 Å². The van der Waals surface area contributed by atoms with Crippen LogP contribution in [0.2, 0.25) is 0 Å². The molecule has 150 valence electrons. The van der Waals surface area contributed by atoms with E-state index in [1.807, 2.05) is 72.6 Å². The molecule has 0 saturated carbocycles. The van der Waals surface area contributed by atoms with Crippen LogP contribution in [0, 0.1) is 6.92 Å². The highest BCUT2D eigenvalue weighted by atomic mass is 32.1. The van der Waals surface area contributed by atoms with Crippen molar-refractivity contribution in [3.8, 4) is 16.6 Å². The monoisotopic (exact) mass is 417 g/mol. The van der Waals surface area contributed by atoms with Gasteiger partial charge in [-0.3, -0.25) is 4.79 Å². The van der Waals surface area contributed by atoms with E-state index in [0.29, 0.717) is 16.7 Å². The minimum atomic E-state index is -0.102. The number of carbonyl (C=O) groups is 1. The van der Waals surface area contributed by atoms with E-state index in [1.165, 1.54) is 11.3 Å². The Kier molecular flexibility index (Phi) is 4.48. The second-order valence-corrected chi connectivity index (χ2v) is 7.92. The van der Waals surface area contributed by atoms with E-state index < -0.39 is 0 Å². The van der Waals surface area contributed by atoms with Gasteiger partial charge in [0.2, 0.25) is 11.0 Å². The van der Waals surface area contributed by atoms with Gasteiger partial charge in [0.25, 0.3) is 0 Å². The molecule has 1 N–H and O–H groups in total. The number of anilines is 1. The maximum absolute atomic E-state index is 12.8. The summed E-state index contributed by atoms with van der Waals surface area (Å²) in [4.78, 5) is 17.4. The number of hydrogen-bond donors (Lipinski definition) is 1. The molecule has 0 aliphatic carbocycles. The summed E-state index contributed by atoms with van der Waals surface area (Å²) in [5.74, 6) is 1.19. The van der Waals surface area contributed by atoms with Gasteiger partial charge in [-0.05, 0) is 30.7 Å². The molecule has 0 bridgehead atoms. The number of para-hydroxylation sites is 1. The van der Waals surface area contributed by atoms with E-state index in [-0.39, 0.29) is 12.3 Å². The third-order valence-electron chi connectivity index (χ3n) is 4.88. The van der Waals surface area contributed by atoms with Crippen LogP contribution in [0.1, 0.15) is 11.3 Å². The van der Waals surface area contributed by atoms with E-state index in [1.54, 1.807) is 10.9 Å². The number of nitrogens with zero attached hydrogens (tertiary/aromatic N) is 4. The lowest BCUT2D eigenvalue weighted by Crippen LogP contribution is -2.17. The number of carbonyl (C=O) groups excluding carboxylic acids is 1. The molecular formula is C22H19N5O2S. The van der Waals surface area contributed by atoms with E-state index in [9.17, 15) is 4.79 Å². The Morgan fingerprint density at radius 1 is 1.23 bits per heavy atom. The van der Waals surface area contributed by atoms with Gasteiger partial charge in [-0.1, -0.05) is 18.2 Å². The van der Waals surface area contributed by atoms with Crippen molar-refractivity contribution in [1.29, 1.82) is 0 Å². The molecule has 7 nitrogen and oxygen atoms in total. The van der Waals surface area contributed by atoms with Gasteiger partial charge in [-0.15, -0.1) is 11.3 Å². The molecule has 0 spiro atoms. The summed E-state index contributed by atoms with van der Waals surface area (Å²) < 4.78 is 9.11. The standard InChI is InChI=1S/C22H19N5O2S/c1-14-10-20(27(25-14)22-23-17(13-30-22)19-8-5-9-29-19)24-21(28)11-15-12-26(2)18-7-4-3-6-16(15)18/h3-10,12-13H,11H2,1-2H3,(H,24,28). The molecule has 0 unspecified atom stereocenters. The van der Waals surface area contributed by atoms with Crippen LogP contribution >= 0.6 is 11.3 Å². The first-order chi connectivity index (χ1) is 14.6. The van der Waals surface area contributed by atoms with Crippen LogP contribution in [-0.4, -0.2) is 25.2 Å². The number of rotatable bonds is 5. The maximum atomic E-state index is 12.8. The molecule has 5 aromatic rings. The van der Waals surface area contributed by atoms with E-state index in [0.717, 1.165) is 27.9 Å². The van der Waals surface area contributed by atoms with Crippen molar-refractivity contribution in [3.05, 3.63) is 71.6 Å². The minimum Gasteiger partial charge on any atom is -0.463 e. The minimum absolute atomic E-state index is 0.102. The lowest BCUT2D eigenvalue weighted by atomic mass is 10.1. The molecule has 1 aromatic carbocycles. The first kappa shape index (κ1) is 18.4. The lowest BCUT2D eigenvalue weighted by Gasteiger charge is -2.06. The molecule has 0 aliphatic rings. The predicted molar refractivity (Wildman–Crippen MR) is 117 cm³/mol. The Labute approximate surface area is 176 Å². The lowest BCUT2D eigenvalue weighted by molar-refractivity contribution is -0.115. The van der Waals surface area contributed by atoms with Gasteiger partial charge < -0.3 is 14.3 Å². The summed E-state index contributed by atoms with van der Waals surface area (Å²) in [5.41, 5.74) is 3.63. The summed E-state index contributed by atoms with van der Waals surface area (Å²) in [6, 6.07) is 13.6. The highest BCUT2D eigenvalue weighted by Crippen LogP contribution is 2.27. The average molecular weight is 417 g/mol. The van der Waals surface area contributed by atoms with Crippen molar-refractivity contribution >= 4 is 34.0 Å². The molecule has 5 rings (SSSR count). The maximum Gasteiger partial charge on any atom is 0.230 e. The third kappa shape index (κ3) is 3.31. The van der Waals surface area contributed by atoms with E-state index >= 15 is 0 Å². The van der Waals surface area contributed by atoms with Gasteiger partial charge in [-0.25, -0.2) is 4.98 Å². The summed E-state index contributed by atoms with van der Waals surface area (Å²) in [6.07, 6.45) is 3.90. The van der Waals surface area contributed by atoms with E-state index in [2.05, 4.69) is 15.4 Å². The van der Waals surface area contributed by atoms with Crippen LogP contribution in [0.25, 0.3) is 27.5 Å². The first-order valence-corrected chi connectivity index (χ1v) is 10.4. The van der Waals surface area contributed by atoms with Gasteiger partial charge in [0, 0.05) is 35.6 Å². The summed E-state index contributed by atoms with van der Waals surface area (Å²) >= 11 is 1.44. The number of thiazole rings is 1. The molecule has 4 heterocycles. The highest BCUT2D eigenvalue weighted by molar-refractivity contribution is 7.12. The Morgan fingerprint density at radius 2 is 2.10 bits per heavy atom. The van der Waals surface area contributed by atoms with Gasteiger partial charge in [0.15, 0.2) is 5.76 Å². The van der Waals surface area contributed by atoms with Crippen molar-refractivity contribution in [3.63, 3.8) is 0 Å². The molecule has 0 aliphatic heterocycles. The molecule has 1 amide bonds. The fraction of sp³-hybridized carbons (Fsp3) is 0.136. The second kappa shape index (κ2) is 7.31. The number of aryl methyl sites for hydroxylation is 2. The number of furan rings is 1. The number of nitrogens with one attached hydrogen (secondary N) is 1. The summed E-state index contributed by atoms with van der Waals surface area (Å²) in [7, 11) is 1.99. The Hall–Kier alpha value is -3.65. The van der Waals surface area contributed by atoms with Gasteiger partial charge in [0.1, 0.15) is 11.5 Å². The van der Waals surface area contributed by atoms with Crippen LogP contribution in [0.4, 0.5) is 5.82 Å². The number of benzene rings is 1. The molecule has 30 heavy (non-hydrogen) atoms. The molecule has 0 fully saturated rings. The zero-order valence-corrected chi connectivity index (χ0v) is 17.3. The fourth-order valence-electron chi connectivity index (χ4n) is 3.56. The topological polar surface area (TPSA) is 77.9 Å². The second-order valence-electron chi connectivity index (χ2n) is 7.08. The fourth-order valence-corrected chi connectivity index (χ4v) is 4.34.